The summed E-state index contributed by atoms with van der Waals surface area (Å²) in [6, 6.07) is 20.2. The number of methoxy groups -OCH3 is 1. The zero-order valence-corrected chi connectivity index (χ0v) is 22.2. The lowest BCUT2D eigenvalue weighted by molar-refractivity contribution is -0.288. The highest BCUT2D eigenvalue weighted by Crippen LogP contribution is 2.36. The average Bonchev–Trinajstić information content (AvgIpc) is 2.90. The van der Waals surface area contributed by atoms with Gasteiger partial charge in [-0.15, -0.1) is 0 Å². The molecule has 1 saturated heterocycles. The van der Waals surface area contributed by atoms with Crippen LogP contribution in [0.5, 0.6) is 5.88 Å². The number of aryl methyl sites for hydroxylation is 1. The standard InChI is InChI=1S/C29H31ClFN4O2/c1-18-17-35(29(20-5-9-22(30)10-6-20)21-7-11-23(31)12-8-21)19(2)16-34(18)25-15-27(36)33(3)24-13-14-26(37-4)32-28(24)25/h5-15,18-19,29-30H,16-17H2,1-4H3/q+1/t18-,19+,29?/m0/s1. The SMILES string of the molecule is COc1ccc2c(n1)c(N1C[C@@H](C)N(C(c3ccc(F)cc3)c3ccc([ClH+])cc3)C[C@@H]1C)cc(=O)n2C. The largest absolute Gasteiger partial charge is 0.481 e. The lowest BCUT2D eigenvalue weighted by Crippen LogP contribution is -2.57. The van der Waals surface area contributed by atoms with E-state index in [-0.39, 0.29) is 29.5 Å². The van der Waals surface area contributed by atoms with Crippen molar-refractivity contribution < 1.29 is 20.7 Å². The first-order chi connectivity index (χ1) is 17.8. The molecule has 3 heterocycles. The third kappa shape index (κ3) is 4.81. The fourth-order valence-corrected chi connectivity index (χ4v) is 5.48. The molecule has 192 valence electrons. The number of benzene rings is 2. The van der Waals surface area contributed by atoms with Gasteiger partial charge in [-0.1, -0.05) is 24.3 Å². The zero-order chi connectivity index (χ0) is 26.3. The Balaban J connectivity index is 1.54. The van der Waals surface area contributed by atoms with Crippen molar-refractivity contribution in [3.8, 4) is 5.88 Å². The molecule has 5 rings (SSSR count). The molecule has 0 radical (unpaired) electrons. The maximum atomic E-state index is 13.8. The summed E-state index contributed by atoms with van der Waals surface area (Å²) in [4.78, 5) is 22.3. The molecule has 0 bridgehead atoms. The molecule has 37 heavy (non-hydrogen) atoms. The van der Waals surface area contributed by atoms with Crippen LogP contribution in [0.2, 0.25) is 5.02 Å². The van der Waals surface area contributed by atoms with Gasteiger partial charge in [0.1, 0.15) is 11.3 Å². The van der Waals surface area contributed by atoms with E-state index in [1.165, 1.54) is 12.1 Å². The fourth-order valence-electron chi connectivity index (χ4n) is 5.35. The Morgan fingerprint density at radius 3 is 2.27 bits per heavy atom. The van der Waals surface area contributed by atoms with Crippen LogP contribution in [0.4, 0.5) is 10.1 Å². The molecule has 6 nitrogen and oxygen atoms in total. The summed E-state index contributed by atoms with van der Waals surface area (Å²) in [7, 11) is 3.35. The van der Waals surface area contributed by atoms with Crippen LogP contribution in [-0.2, 0) is 7.05 Å². The Morgan fingerprint density at radius 2 is 1.62 bits per heavy atom. The van der Waals surface area contributed by atoms with Crippen LogP contribution in [0.15, 0.2) is 71.5 Å². The number of anilines is 1. The van der Waals surface area contributed by atoms with Crippen molar-refractivity contribution in [2.24, 2.45) is 7.05 Å². The normalized spacial score (nSPS) is 19.2. The van der Waals surface area contributed by atoms with Gasteiger partial charge >= 0.3 is 0 Å². The summed E-state index contributed by atoms with van der Waals surface area (Å²) in [5.41, 5.74) is 4.37. The van der Waals surface area contributed by atoms with Gasteiger partial charge in [0.15, 0.2) is 11.6 Å². The lowest BCUT2D eigenvalue weighted by Gasteiger charge is -2.48. The van der Waals surface area contributed by atoms with E-state index < -0.39 is 0 Å². The van der Waals surface area contributed by atoms with E-state index in [0.29, 0.717) is 12.4 Å². The predicted octanol–water partition coefficient (Wildman–Crippen LogP) is 4.47. The minimum Gasteiger partial charge on any atom is -0.481 e. The lowest BCUT2D eigenvalue weighted by atomic mass is 9.93. The molecule has 1 unspecified atom stereocenters. The summed E-state index contributed by atoms with van der Waals surface area (Å²) >= 11 is 5.32. The number of fused-ring (bicyclic) bond motifs is 1. The Morgan fingerprint density at radius 1 is 0.973 bits per heavy atom. The molecule has 2 aromatic heterocycles. The molecular formula is C29H31ClFN4O2+. The third-order valence-corrected chi connectivity index (χ3v) is 7.58. The van der Waals surface area contributed by atoms with E-state index in [0.717, 1.165) is 39.4 Å². The molecule has 1 aliphatic rings. The molecule has 0 saturated carbocycles. The molecule has 3 atom stereocenters. The Hall–Kier alpha value is -3.42. The molecule has 0 spiro atoms. The number of hydrogen-bond acceptors (Lipinski definition) is 5. The molecular weight excluding hydrogens is 491 g/mol. The van der Waals surface area contributed by atoms with E-state index in [1.807, 2.05) is 30.3 Å². The van der Waals surface area contributed by atoms with Gasteiger partial charge in [0.05, 0.1) is 24.4 Å². The molecule has 1 aliphatic heterocycles. The van der Waals surface area contributed by atoms with Crippen molar-refractivity contribution >= 4 is 16.7 Å². The van der Waals surface area contributed by atoms with E-state index in [9.17, 15) is 9.18 Å². The molecule has 0 aliphatic carbocycles. The third-order valence-electron chi connectivity index (χ3n) is 7.31. The number of piperazine rings is 1. The van der Waals surface area contributed by atoms with Gasteiger partial charge < -0.3 is 14.2 Å². The van der Waals surface area contributed by atoms with Crippen LogP contribution in [0.3, 0.4) is 0 Å². The highest BCUT2D eigenvalue weighted by Gasteiger charge is 2.36. The van der Waals surface area contributed by atoms with Crippen molar-refractivity contribution in [2.75, 3.05) is 25.1 Å². The first-order valence-corrected chi connectivity index (χ1v) is 12.8. The Kier molecular flexibility index (Phi) is 6.92. The number of hydrogen-bond donors (Lipinski definition) is 0. The van der Waals surface area contributed by atoms with Crippen LogP contribution in [0.1, 0.15) is 31.0 Å². The molecule has 8 heteroatoms. The van der Waals surface area contributed by atoms with Crippen LogP contribution in [0, 0.1) is 17.4 Å². The van der Waals surface area contributed by atoms with E-state index in [4.69, 9.17) is 21.3 Å². The molecule has 0 amide bonds. The molecule has 2 aromatic carbocycles. The van der Waals surface area contributed by atoms with Gasteiger partial charge in [-0.25, -0.2) is 9.37 Å². The van der Waals surface area contributed by atoms with E-state index >= 15 is 0 Å². The Labute approximate surface area is 220 Å². The summed E-state index contributed by atoms with van der Waals surface area (Å²) in [5, 5.41) is 0.785. The number of pyridine rings is 2. The van der Waals surface area contributed by atoms with Crippen molar-refractivity contribution in [1.82, 2.24) is 14.5 Å². The van der Waals surface area contributed by atoms with Gasteiger partial charge in [-0.05, 0) is 43.2 Å². The van der Waals surface area contributed by atoms with E-state index in [2.05, 4.69) is 35.8 Å². The number of aromatic nitrogens is 2. The van der Waals surface area contributed by atoms with Gasteiger partial charge in [-0.2, -0.15) is 0 Å². The van der Waals surface area contributed by atoms with Crippen LogP contribution < -0.4 is 15.2 Å². The predicted molar refractivity (Wildman–Crippen MR) is 142 cm³/mol. The van der Waals surface area contributed by atoms with Crippen molar-refractivity contribution in [3.05, 3.63) is 99.1 Å². The minimum atomic E-state index is -0.255. The highest BCUT2D eigenvalue weighted by molar-refractivity contribution is 5.89. The quantitative estimate of drug-likeness (QED) is 0.388. The van der Waals surface area contributed by atoms with Gasteiger partial charge in [0.25, 0.3) is 5.56 Å². The van der Waals surface area contributed by atoms with Crippen molar-refractivity contribution in [2.45, 2.75) is 32.0 Å². The number of halogens is 2. The van der Waals surface area contributed by atoms with E-state index in [1.54, 1.807) is 30.9 Å². The van der Waals surface area contributed by atoms with Crippen molar-refractivity contribution in [3.63, 3.8) is 0 Å². The average molecular weight is 522 g/mol. The second kappa shape index (κ2) is 10.1. The van der Waals surface area contributed by atoms with Gasteiger partial charge in [0.2, 0.25) is 10.9 Å². The number of rotatable bonds is 5. The second-order valence-corrected chi connectivity index (χ2v) is 10.2. The zero-order valence-electron chi connectivity index (χ0n) is 21.4. The van der Waals surface area contributed by atoms with Gasteiger partial charge in [0, 0.05) is 56.5 Å². The monoisotopic (exact) mass is 521 g/mol. The molecule has 1 fully saturated rings. The maximum Gasteiger partial charge on any atom is 0.252 e. The fraction of sp³-hybridized carbons (Fsp3) is 0.310. The maximum absolute atomic E-state index is 13.8. The first-order valence-electron chi connectivity index (χ1n) is 12.4. The highest BCUT2D eigenvalue weighted by atomic mass is 35.5. The smallest absolute Gasteiger partial charge is 0.252 e. The summed E-state index contributed by atoms with van der Waals surface area (Å²) in [6.45, 7) is 5.78. The van der Waals surface area contributed by atoms with Crippen LogP contribution in [-0.4, -0.2) is 46.7 Å². The first kappa shape index (κ1) is 25.2. The molecule has 4 aromatic rings. The van der Waals surface area contributed by atoms with Crippen molar-refractivity contribution in [1.29, 1.82) is 0 Å². The second-order valence-electron chi connectivity index (χ2n) is 9.72. The molecule has 0 N–H and O–H groups in total. The summed E-state index contributed by atoms with van der Waals surface area (Å²) < 4.78 is 20.8. The summed E-state index contributed by atoms with van der Waals surface area (Å²) in [6.07, 6.45) is 0. The topological polar surface area (TPSA) is 50.6 Å². The van der Waals surface area contributed by atoms with Gasteiger partial charge in [-0.3, -0.25) is 9.69 Å². The number of ether oxygens (including phenoxy) is 1. The minimum absolute atomic E-state index is 0.0607. The Bertz CT molecular complexity index is 1430. The summed E-state index contributed by atoms with van der Waals surface area (Å²) in [5.74, 6) is 0.253. The van der Waals surface area contributed by atoms with Crippen LogP contribution >= 0.6 is 0 Å². The number of nitrogens with zero attached hydrogens (tertiary/aromatic N) is 4. The van der Waals surface area contributed by atoms with Crippen LogP contribution in [0.25, 0.3) is 11.0 Å².